The van der Waals surface area contributed by atoms with Gasteiger partial charge in [0.05, 0.1) is 17.4 Å². The molecule has 84 valence electrons. The van der Waals surface area contributed by atoms with Gasteiger partial charge in [-0.3, -0.25) is 10.1 Å². The van der Waals surface area contributed by atoms with Crippen molar-refractivity contribution < 1.29 is 4.39 Å². The molecule has 0 aliphatic carbocycles. The summed E-state index contributed by atoms with van der Waals surface area (Å²) in [4.78, 5) is 4.00. The number of aromatic amines is 1. The molecular weight excluding hydrogens is 219 g/mol. The van der Waals surface area contributed by atoms with Crippen molar-refractivity contribution in [3.63, 3.8) is 0 Å². The lowest BCUT2D eigenvalue weighted by molar-refractivity contribution is 0.622. The van der Waals surface area contributed by atoms with E-state index >= 15 is 0 Å². The fourth-order valence-electron chi connectivity index (χ4n) is 1.74. The number of H-pyrrole nitrogens is 1. The number of nitrogen functional groups attached to an aromatic ring is 1. The predicted molar refractivity (Wildman–Crippen MR) is 63.7 cm³/mol. The molecule has 0 unspecified atom stereocenters. The van der Waals surface area contributed by atoms with Crippen LogP contribution in [0.2, 0.25) is 0 Å². The van der Waals surface area contributed by atoms with E-state index in [1.54, 1.807) is 12.1 Å². The van der Waals surface area contributed by atoms with E-state index in [2.05, 4.69) is 15.2 Å². The number of nitrogens with zero attached hydrogens (tertiary/aromatic N) is 2. The standard InChI is InChI=1S/C12H9FN4/c13-7-1-3-11(15-6-7)12-9-5-8(14)2-4-10(9)16-17-12/h1-6H,14H2,(H,16,17). The predicted octanol–water partition coefficient (Wildman–Crippen LogP) is 2.35. The minimum atomic E-state index is -0.367. The van der Waals surface area contributed by atoms with Gasteiger partial charge in [0.1, 0.15) is 11.5 Å². The monoisotopic (exact) mass is 228 g/mol. The molecule has 1 aromatic carbocycles. The number of nitrogens with one attached hydrogen (secondary N) is 1. The molecule has 0 bridgehead atoms. The van der Waals surface area contributed by atoms with E-state index in [0.717, 1.165) is 10.9 Å². The Hall–Kier alpha value is -2.43. The van der Waals surface area contributed by atoms with Gasteiger partial charge in [0.15, 0.2) is 0 Å². The fraction of sp³-hybridized carbons (Fsp3) is 0. The van der Waals surface area contributed by atoms with E-state index in [4.69, 9.17) is 5.73 Å². The third kappa shape index (κ3) is 1.61. The van der Waals surface area contributed by atoms with Crippen LogP contribution in [0.1, 0.15) is 0 Å². The second kappa shape index (κ2) is 3.55. The minimum absolute atomic E-state index is 0.367. The summed E-state index contributed by atoms with van der Waals surface area (Å²) >= 11 is 0. The highest BCUT2D eigenvalue weighted by atomic mass is 19.1. The lowest BCUT2D eigenvalue weighted by Gasteiger charge is -1.97. The summed E-state index contributed by atoms with van der Waals surface area (Å²) in [6.07, 6.45) is 1.17. The highest BCUT2D eigenvalue weighted by Gasteiger charge is 2.09. The molecule has 3 aromatic rings. The van der Waals surface area contributed by atoms with Gasteiger partial charge in [0.25, 0.3) is 0 Å². The van der Waals surface area contributed by atoms with Crippen molar-refractivity contribution in [3.8, 4) is 11.4 Å². The van der Waals surface area contributed by atoms with Crippen LogP contribution < -0.4 is 5.73 Å². The number of halogens is 1. The van der Waals surface area contributed by atoms with E-state index < -0.39 is 0 Å². The zero-order valence-corrected chi connectivity index (χ0v) is 8.81. The molecule has 0 aliphatic rings. The Labute approximate surface area is 96.3 Å². The second-order valence-electron chi connectivity index (χ2n) is 3.74. The number of aromatic nitrogens is 3. The van der Waals surface area contributed by atoms with Gasteiger partial charge >= 0.3 is 0 Å². The van der Waals surface area contributed by atoms with E-state index in [1.165, 1.54) is 12.3 Å². The van der Waals surface area contributed by atoms with Crippen LogP contribution in [0.5, 0.6) is 0 Å². The van der Waals surface area contributed by atoms with Crippen molar-refractivity contribution in [1.29, 1.82) is 0 Å². The third-order valence-electron chi connectivity index (χ3n) is 2.56. The molecular formula is C12H9FN4. The van der Waals surface area contributed by atoms with Crippen molar-refractivity contribution in [2.75, 3.05) is 5.73 Å². The smallest absolute Gasteiger partial charge is 0.141 e. The fourth-order valence-corrected chi connectivity index (χ4v) is 1.74. The number of hydrogen-bond acceptors (Lipinski definition) is 3. The van der Waals surface area contributed by atoms with Gasteiger partial charge in [-0.05, 0) is 30.3 Å². The Morgan fingerprint density at radius 1 is 1.18 bits per heavy atom. The summed E-state index contributed by atoms with van der Waals surface area (Å²) in [6, 6.07) is 8.41. The molecule has 0 fully saturated rings. The van der Waals surface area contributed by atoms with Crippen molar-refractivity contribution in [2.45, 2.75) is 0 Å². The lowest BCUT2D eigenvalue weighted by atomic mass is 10.1. The van der Waals surface area contributed by atoms with Crippen molar-refractivity contribution in [2.24, 2.45) is 0 Å². The summed E-state index contributed by atoms with van der Waals surface area (Å²) in [7, 11) is 0. The van der Waals surface area contributed by atoms with E-state index in [-0.39, 0.29) is 5.82 Å². The minimum Gasteiger partial charge on any atom is -0.399 e. The molecule has 0 aliphatic heterocycles. The first kappa shape index (κ1) is 9.77. The van der Waals surface area contributed by atoms with Gasteiger partial charge < -0.3 is 5.73 Å². The Morgan fingerprint density at radius 3 is 2.82 bits per heavy atom. The zero-order valence-electron chi connectivity index (χ0n) is 8.81. The number of pyridine rings is 1. The molecule has 0 saturated carbocycles. The highest BCUT2D eigenvalue weighted by molar-refractivity contribution is 5.93. The van der Waals surface area contributed by atoms with Crippen molar-refractivity contribution in [3.05, 3.63) is 42.3 Å². The van der Waals surface area contributed by atoms with Crippen LogP contribution in [0.15, 0.2) is 36.5 Å². The summed E-state index contributed by atoms with van der Waals surface area (Å²) in [5.74, 6) is -0.367. The lowest BCUT2D eigenvalue weighted by Crippen LogP contribution is -1.86. The van der Waals surface area contributed by atoms with Crippen molar-refractivity contribution in [1.82, 2.24) is 15.2 Å². The largest absolute Gasteiger partial charge is 0.399 e. The first-order valence-electron chi connectivity index (χ1n) is 5.09. The molecule has 3 rings (SSSR count). The average molecular weight is 228 g/mol. The molecule has 4 nitrogen and oxygen atoms in total. The molecule has 0 radical (unpaired) electrons. The summed E-state index contributed by atoms with van der Waals surface area (Å²) < 4.78 is 12.8. The highest BCUT2D eigenvalue weighted by Crippen LogP contribution is 2.26. The van der Waals surface area contributed by atoms with Crippen LogP contribution in [0.3, 0.4) is 0 Å². The normalized spacial score (nSPS) is 10.9. The van der Waals surface area contributed by atoms with Gasteiger partial charge in [-0.15, -0.1) is 0 Å². The summed E-state index contributed by atoms with van der Waals surface area (Å²) in [5, 5.41) is 7.94. The molecule has 3 N–H and O–H groups in total. The molecule has 0 atom stereocenters. The average Bonchev–Trinajstić information content (AvgIpc) is 2.73. The van der Waals surface area contributed by atoms with Gasteiger partial charge in [0.2, 0.25) is 0 Å². The summed E-state index contributed by atoms with van der Waals surface area (Å²) in [5.41, 5.74) is 8.55. The Balaban J connectivity index is 2.23. The quantitative estimate of drug-likeness (QED) is 0.628. The number of nitrogens with two attached hydrogens (primary N) is 1. The molecule has 0 amide bonds. The topological polar surface area (TPSA) is 67.6 Å². The van der Waals surface area contributed by atoms with E-state index in [1.807, 2.05) is 12.1 Å². The number of anilines is 1. The van der Waals surface area contributed by atoms with Gasteiger partial charge in [-0.2, -0.15) is 5.10 Å². The van der Waals surface area contributed by atoms with Gasteiger partial charge in [0, 0.05) is 11.1 Å². The Bertz CT molecular complexity index is 673. The zero-order chi connectivity index (χ0) is 11.8. The summed E-state index contributed by atoms with van der Waals surface area (Å²) in [6.45, 7) is 0. The molecule has 17 heavy (non-hydrogen) atoms. The number of rotatable bonds is 1. The first-order valence-corrected chi connectivity index (χ1v) is 5.09. The second-order valence-corrected chi connectivity index (χ2v) is 3.74. The molecule has 0 saturated heterocycles. The van der Waals surface area contributed by atoms with Crippen LogP contribution in [0.4, 0.5) is 10.1 Å². The molecule has 5 heteroatoms. The third-order valence-corrected chi connectivity index (χ3v) is 2.56. The maximum Gasteiger partial charge on any atom is 0.141 e. The van der Waals surface area contributed by atoms with Crippen LogP contribution in [-0.4, -0.2) is 15.2 Å². The SMILES string of the molecule is Nc1ccc2[nH]nc(-c3ccc(F)cn3)c2c1. The maximum atomic E-state index is 12.8. The molecule has 2 aromatic heterocycles. The number of benzene rings is 1. The molecule has 2 heterocycles. The Kier molecular flexibility index (Phi) is 2.04. The van der Waals surface area contributed by atoms with E-state index in [0.29, 0.717) is 17.1 Å². The number of fused-ring (bicyclic) bond motifs is 1. The number of hydrogen-bond donors (Lipinski definition) is 2. The van der Waals surface area contributed by atoms with E-state index in [9.17, 15) is 4.39 Å². The van der Waals surface area contributed by atoms with Gasteiger partial charge in [-0.1, -0.05) is 0 Å². The first-order chi connectivity index (χ1) is 8.24. The van der Waals surface area contributed by atoms with Crippen LogP contribution >= 0.6 is 0 Å². The van der Waals surface area contributed by atoms with Crippen LogP contribution in [0.25, 0.3) is 22.3 Å². The van der Waals surface area contributed by atoms with Gasteiger partial charge in [-0.25, -0.2) is 4.39 Å². The molecule has 0 spiro atoms. The van der Waals surface area contributed by atoms with Crippen molar-refractivity contribution >= 4 is 16.6 Å². The Morgan fingerprint density at radius 2 is 2.06 bits per heavy atom. The van der Waals surface area contributed by atoms with Crippen LogP contribution in [0, 0.1) is 5.82 Å². The van der Waals surface area contributed by atoms with Crippen LogP contribution in [-0.2, 0) is 0 Å². The maximum absolute atomic E-state index is 12.8.